The Kier molecular flexibility index (Phi) is 10.3. The monoisotopic (exact) mass is 652 g/mol. The number of aliphatic imine (C=N–C) groups is 1. The third-order valence-corrected chi connectivity index (χ3v) is 8.34. The maximum Gasteiger partial charge on any atom is 0.338 e. The molecule has 242 valence electrons. The van der Waals surface area contributed by atoms with Gasteiger partial charge in [-0.1, -0.05) is 31.4 Å². The smallest absolute Gasteiger partial charge is 0.338 e. The van der Waals surface area contributed by atoms with E-state index in [2.05, 4.69) is 21.2 Å². The van der Waals surface area contributed by atoms with E-state index in [1.165, 1.54) is 25.4 Å². The molecular weight excluding hydrogens is 619 g/mol. The predicted octanol–water partition coefficient (Wildman–Crippen LogP) is 4.84. The van der Waals surface area contributed by atoms with Gasteiger partial charge >= 0.3 is 5.97 Å². The summed E-state index contributed by atoms with van der Waals surface area (Å²) in [4.78, 5) is 58.1. The minimum atomic E-state index is -1.13. The molecule has 3 aliphatic rings. The highest BCUT2D eigenvalue weighted by molar-refractivity contribution is 6.34. The molecule has 0 fully saturated rings. The van der Waals surface area contributed by atoms with Crippen molar-refractivity contribution >= 4 is 46.8 Å². The summed E-state index contributed by atoms with van der Waals surface area (Å²) in [6.45, 7) is 7.39. The van der Waals surface area contributed by atoms with Crippen molar-refractivity contribution in [3.63, 3.8) is 0 Å². The summed E-state index contributed by atoms with van der Waals surface area (Å²) in [5.74, 6) is -0.400. The van der Waals surface area contributed by atoms with Crippen molar-refractivity contribution in [2.75, 3.05) is 12.0 Å². The van der Waals surface area contributed by atoms with Crippen LogP contribution >= 0.6 is 11.6 Å². The van der Waals surface area contributed by atoms with E-state index in [-0.39, 0.29) is 52.0 Å². The number of nitrogens with one attached hydrogen (secondary N) is 1. The molecule has 0 saturated carbocycles. The number of methoxy groups -OCH3 is 1. The Labute approximate surface area is 270 Å². The van der Waals surface area contributed by atoms with Crippen LogP contribution < -0.4 is 15.0 Å². The van der Waals surface area contributed by atoms with Crippen LogP contribution in [0.25, 0.3) is 0 Å². The predicted molar refractivity (Wildman–Crippen MR) is 168 cm³/mol. The number of amidine groups is 1. The molecule has 1 aromatic carbocycles. The van der Waals surface area contributed by atoms with Crippen LogP contribution in [0, 0.1) is 24.1 Å². The Morgan fingerprint density at radius 3 is 2.33 bits per heavy atom. The van der Waals surface area contributed by atoms with Gasteiger partial charge in [-0.3, -0.25) is 19.4 Å². The van der Waals surface area contributed by atoms with Crippen molar-refractivity contribution in [3.05, 3.63) is 63.2 Å². The summed E-state index contributed by atoms with van der Waals surface area (Å²) < 4.78 is 24.8. The van der Waals surface area contributed by atoms with Crippen molar-refractivity contribution in [2.24, 2.45) is 10.9 Å². The number of carbonyl (C=O) groups excluding carboxylic acids is 3. The Morgan fingerprint density at radius 2 is 1.80 bits per heavy atom. The summed E-state index contributed by atoms with van der Waals surface area (Å²) >= 11 is 5.97. The molecule has 2 aliphatic heterocycles. The standard InChI is InChI=1S/C18H15ClFNO3.C15H19N3O4/c1-3-10(2)24-16-9-15(14(20)8-13(16)19)21-17(22)11-6-4-5-7-12(11)18(21)23;1-8(2)15(3)14(21)17-12(18-15)11-10(13(19)20)5-9(6-16-11)7-22-4/h1,8-10H,4-7H2,2H3;5-6,8H,7H2,1-4H3,(H,19,20)(H,17,18,21). The van der Waals surface area contributed by atoms with Crippen LogP contribution in [-0.2, 0) is 25.7 Å². The number of rotatable bonds is 8. The third-order valence-electron chi connectivity index (χ3n) is 8.04. The minimum absolute atomic E-state index is 0.0124. The normalized spacial score (nSPS) is 19.7. The molecule has 0 saturated heterocycles. The second kappa shape index (κ2) is 13.8. The highest BCUT2D eigenvalue weighted by Crippen LogP contribution is 2.39. The lowest BCUT2D eigenvalue weighted by atomic mass is 9.89. The van der Waals surface area contributed by atoms with Gasteiger partial charge in [-0.15, -0.1) is 6.42 Å². The number of carboxylic acids is 1. The number of carboxylic acid groups (broad SMARTS) is 1. The number of hydrogen-bond acceptors (Lipinski definition) is 8. The number of aromatic carboxylic acids is 1. The van der Waals surface area contributed by atoms with Crippen molar-refractivity contribution in [1.82, 2.24) is 10.3 Å². The number of anilines is 1. The Hall–Kier alpha value is -4.60. The van der Waals surface area contributed by atoms with Crippen LogP contribution in [0.5, 0.6) is 5.75 Å². The van der Waals surface area contributed by atoms with Crippen molar-refractivity contribution in [3.8, 4) is 18.1 Å². The SMILES string of the molecule is C#CC(C)Oc1cc(N2C(=O)C3=C(CCCC3)C2=O)c(F)cc1Cl.COCc1cnc(C2=NC(C)(C(C)C)C(=O)N2)c(C(=O)O)c1. The number of benzene rings is 1. The molecule has 1 aromatic heterocycles. The van der Waals surface area contributed by atoms with Crippen molar-refractivity contribution in [2.45, 2.75) is 71.6 Å². The molecule has 11 nitrogen and oxygen atoms in total. The highest BCUT2D eigenvalue weighted by atomic mass is 35.5. The summed E-state index contributed by atoms with van der Waals surface area (Å²) in [7, 11) is 1.52. The third kappa shape index (κ3) is 6.66. The second-order valence-corrected chi connectivity index (χ2v) is 11.9. The van der Waals surface area contributed by atoms with Crippen LogP contribution in [0.2, 0.25) is 5.02 Å². The molecule has 0 radical (unpaired) electrons. The zero-order chi connectivity index (χ0) is 33.9. The maximum atomic E-state index is 14.4. The summed E-state index contributed by atoms with van der Waals surface area (Å²) in [6.07, 6.45) is 8.99. The largest absolute Gasteiger partial charge is 0.478 e. The number of carbonyl (C=O) groups is 4. The molecule has 3 heterocycles. The van der Waals surface area contributed by atoms with Gasteiger partial charge in [0, 0.05) is 30.5 Å². The number of halogens is 2. The lowest BCUT2D eigenvalue weighted by Gasteiger charge is -2.21. The molecular formula is C33H34ClFN4O7. The fourth-order valence-corrected chi connectivity index (χ4v) is 5.31. The van der Waals surface area contributed by atoms with Crippen LogP contribution in [0.3, 0.4) is 0 Å². The van der Waals surface area contributed by atoms with Gasteiger partial charge in [-0.2, -0.15) is 0 Å². The number of pyridine rings is 1. The van der Waals surface area contributed by atoms with Gasteiger partial charge in [-0.25, -0.2) is 19.1 Å². The molecule has 5 rings (SSSR count). The molecule has 0 spiro atoms. The van der Waals surface area contributed by atoms with E-state index < -0.39 is 35.2 Å². The first kappa shape index (κ1) is 34.3. The average molecular weight is 653 g/mol. The molecule has 46 heavy (non-hydrogen) atoms. The first-order chi connectivity index (χ1) is 21.7. The summed E-state index contributed by atoms with van der Waals surface area (Å²) in [6, 6.07) is 3.75. The Morgan fingerprint density at radius 1 is 1.17 bits per heavy atom. The molecule has 1 aliphatic carbocycles. The van der Waals surface area contributed by atoms with Gasteiger partial charge < -0.3 is 19.9 Å². The van der Waals surface area contributed by atoms with E-state index >= 15 is 0 Å². The van der Waals surface area contributed by atoms with E-state index in [9.17, 15) is 28.7 Å². The number of ether oxygens (including phenoxy) is 2. The van der Waals surface area contributed by atoms with Gasteiger partial charge in [-0.05, 0) is 63.1 Å². The lowest BCUT2D eigenvalue weighted by Crippen LogP contribution is -2.41. The molecule has 2 N–H and O–H groups in total. The summed E-state index contributed by atoms with van der Waals surface area (Å²) in [5, 5.41) is 12.0. The number of aromatic nitrogens is 1. The van der Waals surface area contributed by atoms with Crippen LogP contribution in [-0.4, -0.2) is 58.4 Å². The van der Waals surface area contributed by atoms with Crippen LogP contribution in [0.4, 0.5) is 10.1 Å². The fraction of sp³-hybridized carbons (Fsp3) is 0.394. The molecule has 2 unspecified atom stereocenters. The van der Waals surface area contributed by atoms with Gasteiger partial charge in [0.25, 0.3) is 17.7 Å². The minimum Gasteiger partial charge on any atom is -0.478 e. The Balaban J connectivity index is 0.000000210. The zero-order valence-electron chi connectivity index (χ0n) is 26.1. The molecule has 2 atom stereocenters. The van der Waals surface area contributed by atoms with Gasteiger partial charge in [0.05, 0.1) is 22.9 Å². The van der Waals surface area contributed by atoms with Crippen molar-refractivity contribution in [1.29, 1.82) is 0 Å². The maximum absolute atomic E-state index is 14.4. The van der Waals surface area contributed by atoms with Gasteiger partial charge in [0.15, 0.2) is 11.9 Å². The molecule has 0 bridgehead atoms. The fourth-order valence-electron chi connectivity index (χ4n) is 5.12. The second-order valence-electron chi connectivity index (χ2n) is 11.5. The number of nitrogens with zero attached hydrogens (tertiary/aromatic N) is 3. The topological polar surface area (TPSA) is 147 Å². The van der Waals surface area contributed by atoms with Gasteiger partial charge in [0.1, 0.15) is 22.8 Å². The number of hydrogen-bond donors (Lipinski definition) is 2. The molecule has 13 heteroatoms. The first-order valence-corrected chi connectivity index (χ1v) is 15.0. The lowest BCUT2D eigenvalue weighted by molar-refractivity contribution is -0.124. The number of terminal acetylenes is 1. The molecule has 3 amide bonds. The van der Waals surface area contributed by atoms with E-state index in [1.54, 1.807) is 13.8 Å². The van der Waals surface area contributed by atoms with E-state index in [0.717, 1.165) is 23.8 Å². The summed E-state index contributed by atoms with van der Waals surface area (Å²) in [5.41, 5.74) is 0.674. The molecule has 2 aromatic rings. The zero-order valence-corrected chi connectivity index (χ0v) is 26.8. The first-order valence-electron chi connectivity index (χ1n) is 14.6. The Bertz CT molecular complexity index is 1690. The van der Waals surface area contributed by atoms with E-state index in [4.69, 9.17) is 27.5 Å². The highest BCUT2D eigenvalue weighted by Gasteiger charge is 2.43. The van der Waals surface area contributed by atoms with E-state index in [1.807, 2.05) is 13.8 Å². The van der Waals surface area contributed by atoms with Crippen LogP contribution in [0.1, 0.15) is 75.0 Å². The van der Waals surface area contributed by atoms with Gasteiger partial charge in [0.2, 0.25) is 0 Å². The van der Waals surface area contributed by atoms with Crippen molar-refractivity contribution < 1.29 is 38.1 Å². The quantitative estimate of drug-likeness (QED) is 0.304. The average Bonchev–Trinajstić information content (AvgIpc) is 3.47. The van der Waals surface area contributed by atoms with E-state index in [0.29, 0.717) is 29.6 Å². The van der Waals surface area contributed by atoms with Crippen LogP contribution in [0.15, 0.2) is 40.5 Å². The number of amides is 3. The number of imide groups is 1.